The molecule has 0 amide bonds. The number of rotatable bonds is 6. The Balaban J connectivity index is 2.28. The normalized spacial score (nSPS) is 11.4. The molecule has 2 aromatic heterocycles. The van der Waals surface area contributed by atoms with E-state index in [-0.39, 0.29) is 24.6 Å². The molecule has 8 heteroatoms. The van der Waals surface area contributed by atoms with Gasteiger partial charge in [0.1, 0.15) is 11.3 Å². The van der Waals surface area contributed by atoms with Crippen LogP contribution >= 0.6 is 11.3 Å². The SMILES string of the molecule is CCOC(=O)c1cnn(Cc2csc(C(C)C)n2)c1C(F)F. The molecule has 0 bridgehead atoms. The number of aromatic nitrogens is 3. The molecule has 0 aliphatic rings. The van der Waals surface area contributed by atoms with Gasteiger partial charge in [-0.15, -0.1) is 11.3 Å². The Morgan fingerprint density at radius 1 is 1.45 bits per heavy atom. The van der Waals surface area contributed by atoms with Crippen molar-refractivity contribution >= 4 is 17.3 Å². The number of nitrogens with zero attached hydrogens (tertiary/aromatic N) is 3. The second-order valence-electron chi connectivity index (χ2n) is 4.95. The van der Waals surface area contributed by atoms with Crippen LogP contribution in [0.2, 0.25) is 0 Å². The van der Waals surface area contributed by atoms with Gasteiger partial charge in [0.05, 0.1) is 30.1 Å². The van der Waals surface area contributed by atoms with Crippen molar-refractivity contribution in [2.75, 3.05) is 6.61 Å². The average molecular weight is 329 g/mol. The van der Waals surface area contributed by atoms with Crippen molar-refractivity contribution in [2.45, 2.75) is 39.7 Å². The van der Waals surface area contributed by atoms with Gasteiger partial charge in [0, 0.05) is 11.3 Å². The van der Waals surface area contributed by atoms with Gasteiger partial charge in [-0.2, -0.15) is 5.10 Å². The summed E-state index contributed by atoms with van der Waals surface area (Å²) in [5.41, 5.74) is 0.0165. The number of thiazole rings is 1. The highest BCUT2D eigenvalue weighted by Crippen LogP contribution is 2.25. The monoisotopic (exact) mass is 329 g/mol. The third-order valence-electron chi connectivity index (χ3n) is 2.96. The quantitative estimate of drug-likeness (QED) is 0.760. The maximum Gasteiger partial charge on any atom is 0.341 e. The van der Waals surface area contributed by atoms with E-state index in [9.17, 15) is 13.6 Å². The molecule has 22 heavy (non-hydrogen) atoms. The van der Waals surface area contributed by atoms with Crippen molar-refractivity contribution in [2.24, 2.45) is 0 Å². The van der Waals surface area contributed by atoms with Gasteiger partial charge in [-0.3, -0.25) is 4.68 Å². The maximum absolute atomic E-state index is 13.3. The first kappa shape index (κ1) is 16.5. The van der Waals surface area contributed by atoms with Crippen molar-refractivity contribution in [3.8, 4) is 0 Å². The number of ether oxygens (including phenoxy) is 1. The Morgan fingerprint density at radius 2 is 2.18 bits per heavy atom. The van der Waals surface area contributed by atoms with Gasteiger partial charge >= 0.3 is 5.97 Å². The fourth-order valence-electron chi connectivity index (χ4n) is 1.93. The minimum absolute atomic E-state index is 0.0995. The fraction of sp³-hybridized carbons (Fsp3) is 0.500. The van der Waals surface area contributed by atoms with Gasteiger partial charge in [0.25, 0.3) is 6.43 Å². The van der Waals surface area contributed by atoms with E-state index in [1.54, 1.807) is 6.92 Å². The molecule has 0 spiro atoms. The first-order chi connectivity index (χ1) is 10.4. The van der Waals surface area contributed by atoms with E-state index in [0.717, 1.165) is 15.9 Å². The lowest BCUT2D eigenvalue weighted by molar-refractivity contribution is 0.0513. The van der Waals surface area contributed by atoms with Gasteiger partial charge in [0.2, 0.25) is 0 Å². The Morgan fingerprint density at radius 3 is 2.73 bits per heavy atom. The van der Waals surface area contributed by atoms with Crippen molar-refractivity contribution in [3.63, 3.8) is 0 Å². The van der Waals surface area contributed by atoms with Crippen LogP contribution in [0, 0.1) is 0 Å². The van der Waals surface area contributed by atoms with Crippen LogP contribution in [0.3, 0.4) is 0 Å². The van der Waals surface area contributed by atoms with E-state index in [1.165, 1.54) is 11.3 Å². The summed E-state index contributed by atoms with van der Waals surface area (Å²) in [6, 6.07) is 0. The van der Waals surface area contributed by atoms with Gasteiger partial charge < -0.3 is 4.74 Å². The minimum Gasteiger partial charge on any atom is -0.462 e. The van der Waals surface area contributed by atoms with Crippen molar-refractivity contribution in [1.29, 1.82) is 0 Å². The molecule has 0 unspecified atom stereocenters. The largest absolute Gasteiger partial charge is 0.462 e. The van der Waals surface area contributed by atoms with E-state index in [0.29, 0.717) is 5.69 Å². The number of hydrogen-bond acceptors (Lipinski definition) is 5. The molecule has 2 heterocycles. The van der Waals surface area contributed by atoms with Crippen LogP contribution in [0.4, 0.5) is 8.78 Å². The highest BCUT2D eigenvalue weighted by Gasteiger charge is 2.25. The van der Waals surface area contributed by atoms with Gasteiger partial charge in [-0.05, 0) is 6.92 Å². The lowest BCUT2D eigenvalue weighted by Gasteiger charge is -2.07. The van der Waals surface area contributed by atoms with Crippen LogP contribution in [0.15, 0.2) is 11.6 Å². The molecule has 0 radical (unpaired) electrons. The predicted molar refractivity (Wildman–Crippen MR) is 78.4 cm³/mol. The Hall–Kier alpha value is -1.83. The zero-order chi connectivity index (χ0) is 16.3. The van der Waals surface area contributed by atoms with Gasteiger partial charge in [0.15, 0.2) is 0 Å². The smallest absolute Gasteiger partial charge is 0.341 e. The number of hydrogen-bond donors (Lipinski definition) is 0. The van der Waals surface area contributed by atoms with Gasteiger partial charge in [-0.1, -0.05) is 13.8 Å². The molecule has 5 nitrogen and oxygen atoms in total. The van der Waals surface area contributed by atoms with Crippen LogP contribution in [0.25, 0.3) is 0 Å². The molecule has 0 fully saturated rings. The average Bonchev–Trinajstić information content (AvgIpc) is 3.06. The second-order valence-corrected chi connectivity index (χ2v) is 5.84. The Labute approximate surface area is 130 Å². The van der Waals surface area contributed by atoms with E-state index in [1.807, 2.05) is 19.2 Å². The summed E-state index contributed by atoms with van der Waals surface area (Å²) >= 11 is 1.48. The van der Waals surface area contributed by atoms with Crippen LogP contribution in [-0.2, 0) is 11.3 Å². The zero-order valence-corrected chi connectivity index (χ0v) is 13.4. The molecule has 0 N–H and O–H groups in total. The van der Waals surface area contributed by atoms with E-state index in [2.05, 4.69) is 10.1 Å². The molecular weight excluding hydrogens is 312 g/mol. The summed E-state index contributed by atoms with van der Waals surface area (Å²) in [6.07, 6.45) is -1.69. The second kappa shape index (κ2) is 6.95. The van der Waals surface area contributed by atoms with E-state index < -0.39 is 18.1 Å². The zero-order valence-electron chi connectivity index (χ0n) is 12.5. The lowest BCUT2D eigenvalue weighted by Crippen LogP contribution is -2.12. The van der Waals surface area contributed by atoms with Crippen LogP contribution < -0.4 is 0 Å². The molecule has 2 rings (SSSR count). The molecule has 120 valence electrons. The molecule has 0 saturated heterocycles. The third kappa shape index (κ3) is 3.49. The number of esters is 1. The summed E-state index contributed by atoms with van der Waals surface area (Å²) < 4.78 is 32.4. The molecule has 2 aromatic rings. The van der Waals surface area contributed by atoms with Gasteiger partial charge in [-0.25, -0.2) is 18.6 Å². The van der Waals surface area contributed by atoms with Crippen LogP contribution in [-0.4, -0.2) is 27.3 Å². The summed E-state index contributed by atoms with van der Waals surface area (Å²) in [5.74, 6) is -0.508. The maximum atomic E-state index is 13.3. The third-order valence-corrected chi connectivity index (χ3v) is 4.15. The summed E-state index contributed by atoms with van der Waals surface area (Å²) in [7, 11) is 0. The van der Waals surface area contributed by atoms with E-state index >= 15 is 0 Å². The molecule has 0 aliphatic heterocycles. The molecule has 0 atom stereocenters. The van der Waals surface area contributed by atoms with Crippen molar-refractivity contribution < 1.29 is 18.3 Å². The highest BCUT2D eigenvalue weighted by atomic mass is 32.1. The Kier molecular flexibility index (Phi) is 5.23. The van der Waals surface area contributed by atoms with Crippen molar-refractivity contribution in [3.05, 3.63) is 33.5 Å². The van der Waals surface area contributed by atoms with Crippen LogP contribution in [0.5, 0.6) is 0 Å². The topological polar surface area (TPSA) is 57.0 Å². The fourth-order valence-corrected chi connectivity index (χ4v) is 2.76. The minimum atomic E-state index is -2.81. The van der Waals surface area contributed by atoms with Crippen molar-refractivity contribution in [1.82, 2.24) is 14.8 Å². The standard InChI is InChI=1S/C14H17F2N3O2S/c1-4-21-14(20)10-5-17-19(11(10)12(15)16)6-9-7-22-13(18-9)8(2)3/h5,7-8,12H,4,6H2,1-3H3. The van der Waals surface area contributed by atoms with Crippen LogP contribution in [0.1, 0.15) is 59.9 Å². The molecule has 0 aliphatic carbocycles. The first-order valence-corrected chi connectivity index (χ1v) is 7.77. The molecule has 0 aromatic carbocycles. The highest BCUT2D eigenvalue weighted by molar-refractivity contribution is 7.09. The number of carbonyl (C=O) groups excluding carboxylic acids is 1. The number of halogens is 2. The number of carbonyl (C=O) groups is 1. The summed E-state index contributed by atoms with van der Waals surface area (Å²) in [5, 5.41) is 6.64. The summed E-state index contributed by atoms with van der Waals surface area (Å²) in [6.45, 7) is 5.87. The molecular formula is C14H17F2N3O2S. The molecule has 0 saturated carbocycles. The Bertz CT molecular complexity index is 652. The first-order valence-electron chi connectivity index (χ1n) is 6.89. The lowest BCUT2D eigenvalue weighted by atomic mass is 10.2. The van der Waals surface area contributed by atoms with E-state index in [4.69, 9.17) is 4.74 Å². The predicted octanol–water partition coefficient (Wildman–Crippen LogP) is 3.63. The number of alkyl halides is 2. The summed E-state index contributed by atoms with van der Waals surface area (Å²) in [4.78, 5) is 16.1.